The molecule has 1 fully saturated rings. The van der Waals surface area contributed by atoms with Gasteiger partial charge in [-0.3, -0.25) is 4.98 Å². The second-order valence-electron chi connectivity index (χ2n) is 8.19. The number of rotatable bonds is 3. The summed E-state index contributed by atoms with van der Waals surface area (Å²) in [5, 5.41) is 12.7. The highest BCUT2D eigenvalue weighted by molar-refractivity contribution is 5.94. The molecule has 1 saturated heterocycles. The van der Waals surface area contributed by atoms with Gasteiger partial charge in [-0.25, -0.2) is 4.98 Å². The number of nitriles is 1. The lowest BCUT2D eigenvalue weighted by Gasteiger charge is -2.44. The Labute approximate surface area is 183 Å². The maximum absolute atomic E-state index is 9.31. The molecule has 1 N–H and O–H groups in total. The predicted octanol–water partition coefficient (Wildman–Crippen LogP) is 4.03. The molecule has 4 rings (SSSR count). The molecule has 0 amide bonds. The Morgan fingerprint density at radius 1 is 1.13 bits per heavy atom. The van der Waals surface area contributed by atoms with Crippen molar-refractivity contribution in [2.24, 2.45) is 10.9 Å². The third-order valence-corrected chi connectivity index (χ3v) is 5.68. The number of aliphatic imine (C=N–C) groups is 1. The molecule has 2 aromatic carbocycles. The SMILES string of the molecule is Cc1ccc(N/C(=N/C#N)N2CCN(c3cnc4ccccc4n3)CC2C(C)C)cc1. The Hall–Kier alpha value is -3.66. The summed E-state index contributed by atoms with van der Waals surface area (Å²) < 4.78 is 0. The van der Waals surface area contributed by atoms with Gasteiger partial charge in [0, 0.05) is 25.3 Å². The van der Waals surface area contributed by atoms with Gasteiger partial charge in [-0.15, -0.1) is 4.99 Å². The van der Waals surface area contributed by atoms with Crippen LogP contribution in [-0.2, 0) is 0 Å². The fourth-order valence-corrected chi connectivity index (χ4v) is 3.93. The summed E-state index contributed by atoms with van der Waals surface area (Å²) in [4.78, 5) is 18.0. The van der Waals surface area contributed by atoms with Gasteiger partial charge in [-0.1, -0.05) is 43.7 Å². The van der Waals surface area contributed by atoms with Crippen molar-refractivity contribution >= 4 is 28.5 Å². The first kappa shape index (κ1) is 20.6. The zero-order chi connectivity index (χ0) is 21.8. The molecule has 1 unspecified atom stereocenters. The Bertz CT molecular complexity index is 1110. The van der Waals surface area contributed by atoms with Crippen LogP contribution in [0.5, 0.6) is 0 Å². The number of aromatic nitrogens is 2. The summed E-state index contributed by atoms with van der Waals surface area (Å²) in [6.45, 7) is 8.74. The predicted molar refractivity (Wildman–Crippen MR) is 125 cm³/mol. The number of guanidine groups is 1. The number of nitrogens with zero attached hydrogens (tertiary/aromatic N) is 6. The van der Waals surface area contributed by atoms with E-state index >= 15 is 0 Å². The van der Waals surface area contributed by atoms with E-state index in [-0.39, 0.29) is 6.04 Å². The van der Waals surface area contributed by atoms with Crippen molar-refractivity contribution < 1.29 is 0 Å². The van der Waals surface area contributed by atoms with Crippen LogP contribution in [0.15, 0.2) is 59.7 Å². The van der Waals surface area contributed by atoms with Crippen molar-refractivity contribution in [2.75, 3.05) is 29.9 Å². The maximum Gasteiger partial charge on any atom is 0.214 e. The number of hydrogen-bond donors (Lipinski definition) is 1. The van der Waals surface area contributed by atoms with Gasteiger partial charge in [0.1, 0.15) is 5.82 Å². The van der Waals surface area contributed by atoms with Crippen molar-refractivity contribution in [1.82, 2.24) is 14.9 Å². The van der Waals surface area contributed by atoms with Gasteiger partial charge < -0.3 is 15.1 Å². The normalized spacial score (nSPS) is 17.1. The lowest BCUT2D eigenvalue weighted by atomic mass is 9.99. The number of fused-ring (bicyclic) bond motifs is 1. The molecule has 2 heterocycles. The lowest BCUT2D eigenvalue weighted by Crippen LogP contribution is -2.58. The quantitative estimate of drug-likeness (QED) is 0.397. The van der Waals surface area contributed by atoms with Gasteiger partial charge in [0.15, 0.2) is 0 Å². The van der Waals surface area contributed by atoms with Gasteiger partial charge >= 0.3 is 0 Å². The largest absolute Gasteiger partial charge is 0.351 e. The van der Waals surface area contributed by atoms with Gasteiger partial charge in [-0.2, -0.15) is 5.26 Å². The van der Waals surface area contributed by atoms with Crippen molar-refractivity contribution in [3.05, 3.63) is 60.3 Å². The molecule has 0 spiro atoms. The molecule has 1 aliphatic rings. The van der Waals surface area contributed by atoms with Crippen LogP contribution in [0.4, 0.5) is 11.5 Å². The van der Waals surface area contributed by atoms with Crippen molar-refractivity contribution in [3.8, 4) is 6.19 Å². The monoisotopic (exact) mass is 413 g/mol. The third kappa shape index (κ3) is 4.58. The Kier molecular flexibility index (Phi) is 5.99. The highest BCUT2D eigenvalue weighted by Crippen LogP contribution is 2.24. The van der Waals surface area contributed by atoms with Crippen molar-refractivity contribution in [2.45, 2.75) is 26.8 Å². The van der Waals surface area contributed by atoms with Crippen LogP contribution in [0, 0.1) is 24.3 Å². The van der Waals surface area contributed by atoms with Crippen LogP contribution < -0.4 is 10.2 Å². The van der Waals surface area contributed by atoms with E-state index in [2.05, 4.69) is 45.9 Å². The lowest BCUT2D eigenvalue weighted by molar-refractivity contribution is 0.224. The van der Waals surface area contributed by atoms with E-state index in [4.69, 9.17) is 4.98 Å². The van der Waals surface area contributed by atoms with E-state index < -0.39 is 0 Å². The van der Waals surface area contributed by atoms with Crippen molar-refractivity contribution in [1.29, 1.82) is 5.26 Å². The molecule has 7 nitrogen and oxygen atoms in total. The van der Waals surface area contributed by atoms with E-state index in [9.17, 15) is 5.26 Å². The number of hydrogen-bond acceptors (Lipinski definition) is 5. The summed E-state index contributed by atoms with van der Waals surface area (Å²) in [7, 11) is 0. The second kappa shape index (κ2) is 9.00. The molecular weight excluding hydrogens is 386 g/mol. The van der Waals surface area contributed by atoms with E-state index in [0.717, 1.165) is 42.2 Å². The van der Waals surface area contributed by atoms with Crippen LogP contribution in [0.3, 0.4) is 0 Å². The number of anilines is 2. The zero-order valence-electron chi connectivity index (χ0n) is 18.2. The number of benzene rings is 2. The fourth-order valence-electron chi connectivity index (χ4n) is 3.93. The van der Waals surface area contributed by atoms with Gasteiger partial charge in [-0.05, 0) is 37.1 Å². The summed E-state index contributed by atoms with van der Waals surface area (Å²) >= 11 is 0. The van der Waals surface area contributed by atoms with Crippen LogP contribution in [-0.4, -0.2) is 46.5 Å². The topological polar surface area (TPSA) is 80.4 Å². The zero-order valence-corrected chi connectivity index (χ0v) is 18.2. The molecule has 0 saturated carbocycles. The number of aryl methyl sites for hydroxylation is 1. The van der Waals surface area contributed by atoms with E-state index in [1.807, 2.05) is 60.9 Å². The minimum Gasteiger partial charge on any atom is -0.351 e. The number of piperazine rings is 1. The summed E-state index contributed by atoms with van der Waals surface area (Å²) in [6.07, 6.45) is 3.82. The number of para-hydroxylation sites is 2. The molecule has 7 heteroatoms. The fraction of sp³-hybridized carbons (Fsp3) is 0.333. The maximum atomic E-state index is 9.31. The highest BCUT2D eigenvalue weighted by Gasteiger charge is 2.32. The molecule has 1 aromatic heterocycles. The minimum absolute atomic E-state index is 0.173. The van der Waals surface area contributed by atoms with Gasteiger partial charge in [0.25, 0.3) is 0 Å². The molecule has 1 aliphatic heterocycles. The molecule has 1 atom stereocenters. The smallest absolute Gasteiger partial charge is 0.214 e. The summed E-state index contributed by atoms with van der Waals surface area (Å²) in [5.41, 5.74) is 3.91. The average molecular weight is 414 g/mol. The Morgan fingerprint density at radius 2 is 1.87 bits per heavy atom. The van der Waals surface area contributed by atoms with Gasteiger partial charge in [0.05, 0.1) is 23.3 Å². The average Bonchev–Trinajstić information content (AvgIpc) is 2.79. The van der Waals surface area contributed by atoms with Crippen LogP contribution in [0.1, 0.15) is 19.4 Å². The molecule has 0 aliphatic carbocycles. The molecule has 3 aromatic rings. The van der Waals surface area contributed by atoms with Gasteiger partial charge in [0.2, 0.25) is 12.2 Å². The third-order valence-electron chi connectivity index (χ3n) is 5.68. The van der Waals surface area contributed by atoms with Crippen LogP contribution >= 0.6 is 0 Å². The van der Waals surface area contributed by atoms with E-state index in [1.54, 1.807) is 0 Å². The first-order valence-electron chi connectivity index (χ1n) is 10.6. The summed E-state index contributed by atoms with van der Waals surface area (Å²) in [5.74, 6) is 1.84. The molecule has 31 heavy (non-hydrogen) atoms. The van der Waals surface area contributed by atoms with E-state index in [0.29, 0.717) is 11.9 Å². The standard InChI is InChI=1S/C24H27N7/c1-17(2)22-15-30(23-14-26-20-6-4-5-7-21(20)29-23)12-13-31(22)24(27-16-25)28-19-10-8-18(3)9-11-19/h4-11,14,17,22H,12-13,15H2,1-3H3,(H,27,28). The summed E-state index contributed by atoms with van der Waals surface area (Å²) in [6, 6.07) is 16.2. The first-order valence-corrected chi connectivity index (χ1v) is 10.6. The molecular formula is C24H27N7. The van der Waals surface area contributed by atoms with Crippen LogP contribution in [0.25, 0.3) is 11.0 Å². The highest BCUT2D eigenvalue weighted by atomic mass is 15.4. The Balaban J connectivity index is 1.57. The molecule has 158 valence electrons. The molecule has 0 bridgehead atoms. The molecule has 0 radical (unpaired) electrons. The minimum atomic E-state index is 0.173. The first-order chi connectivity index (χ1) is 15.0. The van der Waals surface area contributed by atoms with E-state index in [1.165, 1.54) is 5.56 Å². The van der Waals surface area contributed by atoms with Crippen molar-refractivity contribution in [3.63, 3.8) is 0 Å². The number of nitrogens with one attached hydrogen (secondary N) is 1. The Morgan fingerprint density at radius 3 is 2.58 bits per heavy atom. The van der Waals surface area contributed by atoms with Crippen LogP contribution in [0.2, 0.25) is 0 Å². The second-order valence-corrected chi connectivity index (χ2v) is 8.19.